The summed E-state index contributed by atoms with van der Waals surface area (Å²) in [5, 5.41) is 0. The van der Waals surface area contributed by atoms with Crippen LogP contribution in [0.3, 0.4) is 0 Å². The number of benzene rings is 2. The Morgan fingerprint density at radius 1 is 0.742 bits per heavy atom. The maximum absolute atomic E-state index is 12.8. The maximum Gasteiger partial charge on any atom is 0.236 e. The van der Waals surface area contributed by atoms with Crippen molar-refractivity contribution in [2.45, 2.75) is 0 Å². The minimum atomic E-state index is 0.240. The van der Waals surface area contributed by atoms with E-state index < -0.39 is 0 Å². The topological polar surface area (TPSA) is 48.5 Å². The van der Waals surface area contributed by atoms with Gasteiger partial charge in [-0.05, 0) is 36.4 Å². The quantitative estimate of drug-likeness (QED) is 0.709. The number of amides is 1. The Balaban J connectivity index is 1.22. The third-order valence-corrected chi connectivity index (χ3v) is 6.22. The third-order valence-electron chi connectivity index (χ3n) is 6.22. The normalized spacial score (nSPS) is 17.5. The molecular formula is C24H32N4O3. The van der Waals surface area contributed by atoms with Crippen LogP contribution in [0, 0.1) is 0 Å². The van der Waals surface area contributed by atoms with Crippen LogP contribution in [0.5, 0.6) is 11.5 Å². The largest absolute Gasteiger partial charge is 0.497 e. The number of hydrogen-bond acceptors (Lipinski definition) is 6. The molecule has 0 saturated carbocycles. The average Bonchev–Trinajstić information content (AvgIpc) is 2.84. The Kier molecular flexibility index (Phi) is 6.82. The Morgan fingerprint density at radius 3 is 2.00 bits per heavy atom. The van der Waals surface area contributed by atoms with Crippen molar-refractivity contribution in [2.24, 2.45) is 0 Å². The zero-order chi connectivity index (χ0) is 21.6. The molecule has 0 atom stereocenters. The van der Waals surface area contributed by atoms with Gasteiger partial charge in [-0.25, -0.2) is 0 Å². The van der Waals surface area contributed by atoms with Crippen molar-refractivity contribution in [1.82, 2.24) is 9.80 Å². The van der Waals surface area contributed by atoms with E-state index in [0.717, 1.165) is 63.9 Å². The van der Waals surface area contributed by atoms with Gasteiger partial charge in [-0.15, -0.1) is 0 Å². The fourth-order valence-corrected chi connectivity index (χ4v) is 4.27. The van der Waals surface area contributed by atoms with Gasteiger partial charge in [0.2, 0.25) is 5.91 Å². The molecule has 2 saturated heterocycles. The predicted octanol–water partition coefficient (Wildman–Crippen LogP) is 2.17. The molecule has 166 valence electrons. The Labute approximate surface area is 184 Å². The smallest absolute Gasteiger partial charge is 0.236 e. The van der Waals surface area contributed by atoms with Crippen molar-refractivity contribution in [2.75, 3.05) is 82.9 Å². The highest BCUT2D eigenvalue weighted by Crippen LogP contribution is 2.23. The minimum absolute atomic E-state index is 0.240. The molecule has 0 aromatic heterocycles. The summed E-state index contributed by atoms with van der Waals surface area (Å²) >= 11 is 0. The van der Waals surface area contributed by atoms with Gasteiger partial charge in [0.15, 0.2) is 0 Å². The molecule has 0 N–H and O–H groups in total. The lowest BCUT2D eigenvalue weighted by Crippen LogP contribution is -2.54. The van der Waals surface area contributed by atoms with Gasteiger partial charge in [0.25, 0.3) is 0 Å². The van der Waals surface area contributed by atoms with E-state index in [2.05, 4.69) is 39.0 Å². The number of methoxy groups -OCH3 is 2. The molecule has 0 radical (unpaired) electrons. The molecule has 2 fully saturated rings. The van der Waals surface area contributed by atoms with Crippen molar-refractivity contribution in [3.8, 4) is 11.5 Å². The number of carbonyl (C=O) groups is 1. The monoisotopic (exact) mass is 424 g/mol. The second kappa shape index (κ2) is 9.92. The van der Waals surface area contributed by atoms with Gasteiger partial charge in [-0.2, -0.15) is 0 Å². The van der Waals surface area contributed by atoms with Crippen LogP contribution in [0.15, 0.2) is 48.5 Å². The molecule has 2 aromatic rings. The predicted molar refractivity (Wildman–Crippen MR) is 123 cm³/mol. The minimum Gasteiger partial charge on any atom is -0.497 e. The highest BCUT2D eigenvalue weighted by molar-refractivity contribution is 5.78. The van der Waals surface area contributed by atoms with Gasteiger partial charge in [-0.1, -0.05) is 6.07 Å². The SMILES string of the molecule is COc1ccc(N2CCN(C(=O)CN3CCN(c4cccc(OC)c4)CC3)CC2)cc1. The Bertz CT molecular complexity index is 857. The second-order valence-electron chi connectivity index (χ2n) is 8.03. The molecule has 2 aromatic carbocycles. The van der Waals surface area contributed by atoms with Crippen LogP contribution in [0.4, 0.5) is 11.4 Å². The van der Waals surface area contributed by atoms with Crippen LogP contribution in [-0.2, 0) is 4.79 Å². The molecule has 0 bridgehead atoms. The molecular weight excluding hydrogens is 392 g/mol. The number of rotatable bonds is 6. The summed E-state index contributed by atoms with van der Waals surface area (Å²) in [5.74, 6) is 1.98. The molecule has 1 amide bonds. The number of piperazine rings is 2. The highest BCUT2D eigenvalue weighted by atomic mass is 16.5. The van der Waals surface area contributed by atoms with E-state index in [1.807, 2.05) is 29.2 Å². The van der Waals surface area contributed by atoms with Crippen LogP contribution < -0.4 is 19.3 Å². The highest BCUT2D eigenvalue weighted by Gasteiger charge is 2.25. The molecule has 2 aliphatic rings. The third kappa shape index (κ3) is 5.22. The van der Waals surface area contributed by atoms with E-state index in [1.165, 1.54) is 11.4 Å². The summed E-state index contributed by atoms with van der Waals surface area (Å²) in [6, 6.07) is 16.3. The number of anilines is 2. The first-order valence-electron chi connectivity index (χ1n) is 10.9. The first-order valence-corrected chi connectivity index (χ1v) is 10.9. The number of hydrogen-bond donors (Lipinski definition) is 0. The first-order chi connectivity index (χ1) is 15.2. The number of carbonyl (C=O) groups excluding carboxylic acids is 1. The van der Waals surface area contributed by atoms with Crippen LogP contribution in [0.1, 0.15) is 0 Å². The summed E-state index contributed by atoms with van der Waals surface area (Å²) in [5.41, 5.74) is 2.36. The standard InChI is InChI=1S/C24H32N4O3/c1-30-22-8-6-20(7-9-22)26-14-16-28(17-15-26)24(29)19-25-10-12-27(13-11-25)21-4-3-5-23(18-21)31-2/h3-9,18H,10-17,19H2,1-2H3. The summed E-state index contributed by atoms with van der Waals surface area (Å²) < 4.78 is 10.6. The maximum atomic E-state index is 12.8. The van der Waals surface area contributed by atoms with Gasteiger partial charge in [0, 0.05) is 69.8 Å². The van der Waals surface area contributed by atoms with Crippen LogP contribution >= 0.6 is 0 Å². The Hall–Kier alpha value is -2.93. The van der Waals surface area contributed by atoms with Crippen molar-refractivity contribution in [3.05, 3.63) is 48.5 Å². The van der Waals surface area contributed by atoms with Crippen molar-refractivity contribution >= 4 is 17.3 Å². The summed E-state index contributed by atoms with van der Waals surface area (Å²) in [4.78, 5) is 21.8. The average molecular weight is 425 g/mol. The van der Waals surface area contributed by atoms with Gasteiger partial charge in [0.05, 0.1) is 20.8 Å². The zero-order valence-electron chi connectivity index (χ0n) is 18.5. The fourth-order valence-electron chi connectivity index (χ4n) is 4.27. The van der Waals surface area contributed by atoms with Crippen LogP contribution in [0.2, 0.25) is 0 Å². The summed E-state index contributed by atoms with van der Waals surface area (Å²) in [6.45, 7) is 7.42. The summed E-state index contributed by atoms with van der Waals surface area (Å²) in [6.07, 6.45) is 0. The zero-order valence-corrected chi connectivity index (χ0v) is 18.5. The van der Waals surface area contributed by atoms with Gasteiger partial charge >= 0.3 is 0 Å². The molecule has 31 heavy (non-hydrogen) atoms. The van der Waals surface area contributed by atoms with Gasteiger partial charge in [-0.3, -0.25) is 9.69 Å². The van der Waals surface area contributed by atoms with E-state index in [4.69, 9.17) is 9.47 Å². The van der Waals surface area contributed by atoms with Crippen molar-refractivity contribution in [1.29, 1.82) is 0 Å². The molecule has 7 nitrogen and oxygen atoms in total. The van der Waals surface area contributed by atoms with E-state index in [-0.39, 0.29) is 5.91 Å². The number of nitrogens with zero attached hydrogens (tertiary/aromatic N) is 4. The molecule has 0 unspecified atom stereocenters. The van der Waals surface area contributed by atoms with E-state index in [1.54, 1.807) is 14.2 Å². The molecule has 0 aliphatic carbocycles. The van der Waals surface area contributed by atoms with Gasteiger partial charge in [0.1, 0.15) is 11.5 Å². The molecule has 2 heterocycles. The second-order valence-corrected chi connectivity index (χ2v) is 8.03. The fraction of sp³-hybridized carbons (Fsp3) is 0.458. The van der Waals surface area contributed by atoms with E-state index in [0.29, 0.717) is 6.54 Å². The molecule has 2 aliphatic heterocycles. The first kappa shape index (κ1) is 21.3. The van der Waals surface area contributed by atoms with Crippen molar-refractivity contribution in [3.63, 3.8) is 0 Å². The molecule has 4 rings (SSSR count). The Morgan fingerprint density at radius 2 is 1.35 bits per heavy atom. The van der Waals surface area contributed by atoms with Gasteiger partial charge < -0.3 is 24.2 Å². The number of ether oxygens (including phenoxy) is 2. The van der Waals surface area contributed by atoms with Crippen LogP contribution in [0.25, 0.3) is 0 Å². The van der Waals surface area contributed by atoms with E-state index >= 15 is 0 Å². The summed E-state index contributed by atoms with van der Waals surface area (Å²) in [7, 11) is 3.37. The molecule has 7 heteroatoms. The van der Waals surface area contributed by atoms with Crippen molar-refractivity contribution < 1.29 is 14.3 Å². The lowest BCUT2D eigenvalue weighted by molar-refractivity contribution is -0.132. The van der Waals surface area contributed by atoms with Crippen LogP contribution in [-0.4, -0.2) is 88.8 Å². The lowest BCUT2D eigenvalue weighted by atomic mass is 10.2. The van der Waals surface area contributed by atoms with E-state index in [9.17, 15) is 4.79 Å². The lowest BCUT2D eigenvalue weighted by Gasteiger charge is -2.39. The molecule has 0 spiro atoms.